The molecule has 3 rings (SSSR count). The van der Waals surface area contributed by atoms with Crippen LogP contribution in [0, 0.1) is 10.8 Å². The molecule has 2 aliphatic heterocycles. The SMILES string of the molecule is CC(C)(C)CC(=O)N1CCC2(CC1)CN(c1cccnc1)C2=O. The number of carbonyl (C=O) groups excluding carboxylic acids is 2. The molecule has 1 spiro atoms. The van der Waals surface area contributed by atoms with Crippen molar-refractivity contribution < 1.29 is 9.59 Å². The van der Waals surface area contributed by atoms with Gasteiger partial charge in [0, 0.05) is 32.3 Å². The zero-order valence-corrected chi connectivity index (χ0v) is 14.2. The molecule has 1 aromatic heterocycles. The number of likely N-dealkylation sites (tertiary alicyclic amines) is 1. The Hall–Kier alpha value is -1.91. The predicted octanol–water partition coefficient (Wildman–Crippen LogP) is 2.47. The lowest BCUT2D eigenvalue weighted by Gasteiger charge is -2.52. The van der Waals surface area contributed by atoms with Crippen LogP contribution in [0.3, 0.4) is 0 Å². The highest BCUT2D eigenvalue weighted by Gasteiger charge is 2.53. The van der Waals surface area contributed by atoms with Crippen molar-refractivity contribution in [2.45, 2.75) is 40.0 Å². The number of amides is 2. The van der Waals surface area contributed by atoms with E-state index in [9.17, 15) is 9.59 Å². The van der Waals surface area contributed by atoms with Crippen LogP contribution in [0.2, 0.25) is 0 Å². The molecule has 0 N–H and O–H groups in total. The number of carbonyl (C=O) groups is 2. The zero-order valence-electron chi connectivity index (χ0n) is 14.2. The second kappa shape index (κ2) is 5.62. The van der Waals surface area contributed by atoms with E-state index in [2.05, 4.69) is 25.8 Å². The molecule has 5 nitrogen and oxygen atoms in total. The Bertz CT molecular complexity index is 598. The Labute approximate surface area is 137 Å². The van der Waals surface area contributed by atoms with Crippen molar-refractivity contribution in [3.05, 3.63) is 24.5 Å². The summed E-state index contributed by atoms with van der Waals surface area (Å²) in [6.45, 7) is 8.38. The third-order valence-corrected chi connectivity index (χ3v) is 4.87. The van der Waals surface area contributed by atoms with Crippen LogP contribution in [0.15, 0.2) is 24.5 Å². The van der Waals surface area contributed by atoms with Gasteiger partial charge in [0.15, 0.2) is 0 Å². The van der Waals surface area contributed by atoms with Gasteiger partial charge in [0.1, 0.15) is 0 Å². The highest BCUT2D eigenvalue weighted by atomic mass is 16.2. The molecule has 0 unspecified atom stereocenters. The summed E-state index contributed by atoms with van der Waals surface area (Å²) in [5, 5.41) is 0. The van der Waals surface area contributed by atoms with Gasteiger partial charge in [0.2, 0.25) is 11.8 Å². The van der Waals surface area contributed by atoms with Gasteiger partial charge in [0.25, 0.3) is 0 Å². The van der Waals surface area contributed by atoms with Gasteiger partial charge in [-0.15, -0.1) is 0 Å². The van der Waals surface area contributed by atoms with E-state index in [1.807, 2.05) is 17.0 Å². The van der Waals surface area contributed by atoms with E-state index in [-0.39, 0.29) is 22.6 Å². The van der Waals surface area contributed by atoms with E-state index < -0.39 is 0 Å². The minimum Gasteiger partial charge on any atom is -0.343 e. The van der Waals surface area contributed by atoms with Crippen LogP contribution < -0.4 is 4.90 Å². The molecule has 0 saturated carbocycles. The standard InChI is InChI=1S/C18H25N3O2/c1-17(2,3)11-15(22)20-9-6-18(7-10-20)13-21(16(18)23)14-5-4-8-19-12-14/h4-5,8,12H,6-7,9-11,13H2,1-3H3. The first-order chi connectivity index (χ1) is 10.8. The maximum Gasteiger partial charge on any atom is 0.235 e. The summed E-state index contributed by atoms with van der Waals surface area (Å²) in [6, 6.07) is 3.77. The first kappa shape index (κ1) is 16.0. The van der Waals surface area contributed by atoms with Crippen molar-refractivity contribution in [2.75, 3.05) is 24.5 Å². The van der Waals surface area contributed by atoms with E-state index in [4.69, 9.17) is 0 Å². The molecule has 124 valence electrons. The second-order valence-electron chi connectivity index (χ2n) is 8.00. The van der Waals surface area contributed by atoms with Crippen LogP contribution in [-0.4, -0.2) is 41.3 Å². The van der Waals surface area contributed by atoms with Gasteiger partial charge in [-0.1, -0.05) is 20.8 Å². The summed E-state index contributed by atoms with van der Waals surface area (Å²) in [6.07, 6.45) is 5.56. The summed E-state index contributed by atoms with van der Waals surface area (Å²) in [7, 11) is 0. The molecule has 5 heteroatoms. The quantitative estimate of drug-likeness (QED) is 0.788. The summed E-state index contributed by atoms with van der Waals surface area (Å²) in [4.78, 5) is 32.8. The summed E-state index contributed by atoms with van der Waals surface area (Å²) in [5.74, 6) is 0.400. The summed E-state index contributed by atoms with van der Waals surface area (Å²) < 4.78 is 0. The minimum atomic E-state index is -0.256. The fraction of sp³-hybridized carbons (Fsp3) is 0.611. The summed E-state index contributed by atoms with van der Waals surface area (Å²) >= 11 is 0. The van der Waals surface area contributed by atoms with E-state index in [1.54, 1.807) is 17.3 Å². The fourth-order valence-corrected chi connectivity index (χ4v) is 3.48. The highest BCUT2D eigenvalue weighted by Crippen LogP contribution is 2.43. The molecule has 0 aliphatic carbocycles. The lowest BCUT2D eigenvalue weighted by Crippen LogP contribution is -2.65. The molecule has 0 bridgehead atoms. The molecule has 2 saturated heterocycles. The predicted molar refractivity (Wildman–Crippen MR) is 88.9 cm³/mol. The average Bonchev–Trinajstić information content (AvgIpc) is 2.52. The van der Waals surface area contributed by atoms with Crippen LogP contribution >= 0.6 is 0 Å². The van der Waals surface area contributed by atoms with Gasteiger partial charge in [-0.25, -0.2) is 0 Å². The van der Waals surface area contributed by atoms with Crippen molar-refractivity contribution >= 4 is 17.5 Å². The normalized spacial score (nSPS) is 20.6. The average molecular weight is 315 g/mol. The van der Waals surface area contributed by atoms with Gasteiger partial charge < -0.3 is 9.80 Å². The number of pyridine rings is 1. The molecule has 0 atom stereocenters. The number of β-lactam (4-membered cyclic amide) rings is 1. The van der Waals surface area contributed by atoms with E-state index in [1.165, 1.54) is 0 Å². The fourth-order valence-electron chi connectivity index (χ4n) is 3.48. The van der Waals surface area contributed by atoms with E-state index >= 15 is 0 Å². The van der Waals surface area contributed by atoms with Crippen molar-refractivity contribution in [2.24, 2.45) is 10.8 Å². The third-order valence-electron chi connectivity index (χ3n) is 4.87. The number of nitrogens with zero attached hydrogens (tertiary/aromatic N) is 3. The van der Waals surface area contributed by atoms with Gasteiger partial charge in [0.05, 0.1) is 17.3 Å². The largest absolute Gasteiger partial charge is 0.343 e. The number of anilines is 1. The molecule has 1 aromatic rings. The number of hydrogen-bond acceptors (Lipinski definition) is 3. The highest BCUT2D eigenvalue weighted by molar-refractivity contribution is 6.04. The number of piperidine rings is 1. The zero-order chi connectivity index (χ0) is 16.7. The molecule has 0 radical (unpaired) electrons. The molecule has 2 amide bonds. The molecule has 0 aromatic carbocycles. The minimum absolute atomic E-state index is 0.00954. The lowest BCUT2D eigenvalue weighted by atomic mass is 9.70. The maximum absolute atomic E-state index is 12.6. The Morgan fingerprint density at radius 2 is 2.00 bits per heavy atom. The van der Waals surface area contributed by atoms with Gasteiger partial charge >= 0.3 is 0 Å². The number of hydrogen-bond donors (Lipinski definition) is 0. The van der Waals surface area contributed by atoms with Crippen LogP contribution in [0.4, 0.5) is 5.69 Å². The third kappa shape index (κ3) is 3.09. The van der Waals surface area contributed by atoms with Crippen molar-refractivity contribution in [3.8, 4) is 0 Å². The van der Waals surface area contributed by atoms with Crippen molar-refractivity contribution in [3.63, 3.8) is 0 Å². The monoisotopic (exact) mass is 315 g/mol. The maximum atomic E-state index is 12.6. The van der Waals surface area contributed by atoms with Gasteiger partial charge in [-0.05, 0) is 30.4 Å². The Balaban J connectivity index is 1.58. The molecule has 3 heterocycles. The van der Waals surface area contributed by atoms with Gasteiger partial charge in [-0.3, -0.25) is 14.6 Å². The van der Waals surface area contributed by atoms with Gasteiger partial charge in [-0.2, -0.15) is 0 Å². The van der Waals surface area contributed by atoms with Crippen LogP contribution in [0.1, 0.15) is 40.0 Å². The van der Waals surface area contributed by atoms with E-state index in [0.717, 1.165) is 25.1 Å². The molecule has 2 fully saturated rings. The Morgan fingerprint density at radius 1 is 1.30 bits per heavy atom. The molecular formula is C18H25N3O2. The first-order valence-corrected chi connectivity index (χ1v) is 8.31. The topological polar surface area (TPSA) is 53.5 Å². The molecular weight excluding hydrogens is 290 g/mol. The van der Waals surface area contributed by atoms with Crippen molar-refractivity contribution in [1.29, 1.82) is 0 Å². The van der Waals surface area contributed by atoms with E-state index in [0.29, 0.717) is 19.5 Å². The second-order valence-corrected chi connectivity index (χ2v) is 8.00. The smallest absolute Gasteiger partial charge is 0.235 e. The molecule has 2 aliphatic rings. The first-order valence-electron chi connectivity index (χ1n) is 8.31. The lowest BCUT2D eigenvalue weighted by molar-refractivity contribution is -0.145. The Kier molecular flexibility index (Phi) is 3.90. The summed E-state index contributed by atoms with van der Waals surface area (Å²) in [5.41, 5.74) is 0.624. The van der Waals surface area contributed by atoms with Crippen LogP contribution in [-0.2, 0) is 9.59 Å². The Morgan fingerprint density at radius 3 is 2.52 bits per heavy atom. The van der Waals surface area contributed by atoms with Crippen molar-refractivity contribution in [1.82, 2.24) is 9.88 Å². The molecule has 23 heavy (non-hydrogen) atoms. The number of rotatable bonds is 2. The van der Waals surface area contributed by atoms with Crippen LogP contribution in [0.25, 0.3) is 0 Å². The van der Waals surface area contributed by atoms with Crippen LogP contribution in [0.5, 0.6) is 0 Å². The number of aromatic nitrogens is 1.